The Morgan fingerprint density at radius 2 is 2.07 bits per heavy atom. The van der Waals surface area contributed by atoms with E-state index < -0.39 is 10.8 Å². The van der Waals surface area contributed by atoms with Crippen LogP contribution < -0.4 is 0 Å². The van der Waals surface area contributed by atoms with Gasteiger partial charge in [-0.3, -0.25) is 4.21 Å². The second-order valence-corrected chi connectivity index (χ2v) is 4.47. The zero-order valence-corrected chi connectivity index (χ0v) is 8.83. The van der Waals surface area contributed by atoms with Gasteiger partial charge >= 0.3 is 0 Å². The zero-order chi connectivity index (χ0) is 10.4. The van der Waals surface area contributed by atoms with E-state index in [1.807, 2.05) is 0 Å². The monoisotopic (exact) mass is 229 g/mol. The normalized spacial score (nSPS) is 11.8. The number of nitrogens with zero attached hydrogens (tertiary/aromatic N) is 3. The van der Waals surface area contributed by atoms with Crippen molar-refractivity contribution in [3.63, 3.8) is 0 Å². The molecule has 1 aromatic carbocycles. The summed E-state index contributed by atoms with van der Waals surface area (Å²) in [6.45, 7) is 0.242. The van der Waals surface area contributed by atoms with Crippen molar-refractivity contribution < 1.29 is 4.21 Å². The molecule has 1 unspecified atom stereocenters. The molecule has 0 heterocycles. The molecule has 0 aliphatic heterocycles. The van der Waals surface area contributed by atoms with Crippen LogP contribution >= 0.6 is 11.6 Å². The predicted octanol–water partition coefficient (Wildman–Crippen LogP) is 2.76. The predicted molar refractivity (Wildman–Crippen MR) is 56.7 cm³/mol. The van der Waals surface area contributed by atoms with Crippen molar-refractivity contribution in [2.24, 2.45) is 5.11 Å². The number of rotatable bonds is 4. The third-order valence-electron chi connectivity index (χ3n) is 1.52. The second kappa shape index (κ2) is 5.65. The van der Waals surface area contributed by atoms with Gasteiger partial charge in [0.2, 0.25) is 0 Å². The Balaban J connectivity index is 2.60. The van der Waals surface area contributed by atoms with Crippen molar-refractivity contribution >= 4 is 22.4 Å². The standard InChI is InChI=1S/C8H8ClN3OS/c9-7-1-3-8(4-2-7)14(13)6-5-11-12-10/h1-4H,5-6H2. The van der Waals surface area contributed by atoms with Crippen molar-refractivity contribution in [3.05, 3.63) is 39.7 Å². The topological polar surface area (TPSA) is 65.8 Å². The highest BCUT2D eigenvalue weighted by atomic mass is 35.5. The van der Waals surface area contributed by atoms with Crippen LogP contribution in [0.2, 0.25) is 5.02 Å². The molecule has 0 aromatic heterocycles. The molecule has 0 aliphatic carbocycles. The van der Waals surface area contributed by atoms with Crippen molar-refractivity contribution in [2.75, 3.05) is 12.3 Å². The van der Waals surface area contributed by atoms with Crippen LogP contribution in [0.15, 0.2) is 34.3 Å². The Hall–Kier alpha value is -1.03. The quantitative estimate of drug-likeness (QED) is 0.445. The Morgan fingerprint density at radius 3 is 2.64 bits per heavy atom. The molecule has 0 spiro atoms. The fourth-order valence-corrected chi connectivity index (χ4v) is 1.92. The summed E-state index contributed by atoms with van der Waals surface area (Å²) in [7, 11) is -1.12. The number of benzene rings is 1. The fourth-order valence-electron chi connectivity index (χ4n) is 0.873. The molecule has 0 fully saturated rings. The van der Waals surface area contributed by atoms with E-state index in [1.54, 1.807) is 24.3 Å². The molecule has 14 heavy (non-hydrogen) atoms. The average Bonchev–Trinajstić information content (AvgIpc) is 2.19. The summed E-state index contributed by atoms with van der Waals surface area (Å²) in [5.74, 6) is 0.339. The lowest BCUT2D eigenvalue weighted by atomic mass is 10.4. The van der Waals surface area contributed by atoms with Crippen molar-refractivity contribution in [2.45, 2.75) is 4.90 Å². The van der Waals surface area contributed by atoms with Gasteiger partial charge in [-0.25, -0.2) is 0 Å². The van der Waals surface area contributed by atoms with E-state index >= 15 is 0 Å². The van der Waals surface area contributed by atoms with Crippen molar-refractivity contribution in [1.82, 2.24) is 0 Å². The van der Waals surface area contributed by atoms with E-state index in [0.717, 1.165) is 0 Å². The summed E-state index contributed by atoms with van der Waals surface area (Å²) >= 11 is 5.68. The van der Waals surface area contributed by atoms with Gasteiger partial charge in [-0.15, -0.1) is 0 Å². The molecule has 1 rings (SSSR count). The molecule has 0 radical (unpaired) electrons. The first kappa shape index (κ1) is 11.0. The summed E-state index contributed by atoms with van der Waals surface area (Å²) in [5, 5.41) is 3.93. The molecule has 0 N–H and O–H groups in total. The van der Waals surface area contributed by atoms with Gasteiger partial charge in [-0.1, -0.05) is 16.7 Å². The van der Waals surface area contributed by atoms with Gasteiger partial charge in [0.05, 0.1) is 10.8 Å². The highest BCUT2D eigenvalue weighted by Crippen LogP contribution is 2.12. The van der Waals surface area contributed by atoms with Crippen LogP contribution in [0.4, 0.5) is 0 Å². The highest BCUT2D eigenvalue weighted by molar-refractivity contribution is 7.85. The fraction of sp³-hybridized carbons (Fsp3) is 0.250. The minimum atomic E-state index is -1.12. The molecular formula is C8H8ClN3OS. The van der Waals surface area contributed by atoms with Gasteiger partial charge in [-0.05, 0) is 29.8 Å². The van der Waals surface area contributed by atoms with Crippen LogP contribution in [0, 0.1) is 0 Å². The van der Waals surface area contributed by atoms with Crippen LogP contribution in [0.5, 0.6) is 0 Å². The average molecular weight is 230 g/mol. The van der Waals surface area contributed by atoms with E-state index in [0.29, 0.717) is 15.7 Å². The van der Waals surface area contributed by atoms with Crippen LogP contribution in [-0.2, 0) is 10.8 Å². The lowest BCUT2D eigenvalue weighted by molar-refractivity contribution is 0.682. The lowest BCUT2D eigenvalue weighted by Crippen LogP contribution is -2.00. The molecule has 0 bridgehead atoms. The molecule has 0 saturated heterocycles. The van der Waals surface area contributed by atoms with Gasteiger partial charge in [0.25, 0.3) is 0 Å². The highest BCUT2D eigenvalue weighted by Gasteiger charge is 2.01. The first-order valence-corrected chi connectivity index (χ1v) is 5.58. The minimum Gasteiger partial charge on any atom is -0.254 e. The molecule has 0 aliphatic rings. The summed E-state index contributed by atoms with van der Waals surface area (Å²) in [6.07, 6.45) is 0. The molecule has 4 nitrogen and oxygen atoms in total. The molecule has 1 atom stereocenters. The second-order valence-electron chi connectivity index (χ2n) is 2.46. The summed E-state index contributed by atoms with van der Waals surface area (Å²) < 4.78 is 11.5. The van der Waals surface area contributed by atoms with Gasteiger partial charge in [0, 0.05) is 27.1 Å². The number of halogens is 1. The molecule has 6 heteroatoms. The van der Waals surface area contributed by atoms with Gasteiger partial charge in [0.1, 0.15) is 0 Å². The van der Waals surface area contributed by atoms with E-state index in [2.05, 4.69) is 10.0 Å². The minimum absolute atomic E-state index is 0.242. The van der Waals surface area contributed by atoms with Crippen molar-refractivity contribution in [3.8, 4) is 0 Å². The summed E-state index contributed by atoms with van der Waals surface area (Å²) in [6, 6.07) is 6.77. The Labute approximate surface area is 89.0 Å². The van der Waals surface area contributed by atoms with Crippen LogP contribution in [0.25, 0.3) is 10.4 Å². The molecular weight excluding hydrogens is 222 g/mol. The van der Waals surface area contributed by atoms with Crippen molar-refractivity contribution in [1.29, 1.82) is 0 Å². The first-order valence-electron chi connectivity index (χ1n) is 3.89. The number of hydrogen-bond acceptors (Lipinski definition) is 2. The van der Waals surface area contributed by atoms with E-state index in [1.165, 1.54) is 0 Å². The Kier molecular flexibility index (Phi) is 4.46. The zero-order valence-electron chi connectivity index (χ0n) is 7.26. The lowest BCUT2D eigenvalue weighted by Gasteiger charge is -1.99. The number of azide groups is 1. The van der Waals surface area contributed by atoms with Crippen LogP contribution in [0.3, 0.4) is 0 Å². The largest absolute Gasteiger partial charge is 0.254 e. The summed E-state index contributed by atoms with van der Waals surface area (Å²) in [4.78, 5) is 3.28. The van der Waals surface area contributed by atoms with Crippen LogP contribution in [0.1, 0.15) is 0 Å². The number of hydrogen-bond donors (Lipinski definition) is 0. The SMILES string of the molecule is [N-]=[N+]=NCCS(=O)c1ccc(Cl)cc1. The molecule has 1 aromatic rings. The summed E-state index contributed by atoms with van der Waals surface area (Å²) in [5.41, 5.74) is 8.03. The smallest absolute Gasteiger partial charge is 0.0530 e. The van der Waals surface area contributed by atoms with E-state index in [-0.39, 0.29) is 6.54 Å². The molecule has 74 valence electrons. The van der Waals surface area contributed by atoms with Gasteiger partial charge in [0.15, 0.2) is 0 Å². The molecule has 0 amide bonds. The van der Waals surface area contributed by atoms with Gasteiger partial charge in [-0.2, -0.15) is 0 Å². The van der Waals surface area contributed by atoms with Gasteiger partial charge < -0.3 is 0 Å². The maximum absolute atomic E-state index is 11.5. The first-order chi connectivity index (χ1) is 6.74. The van der Waals surface area contributed by atoms with Crippen LogP contribution in [-0.4, -0.2) is 16.5 Å². The van der Waals surface area contributed by atoms with E-state index in [4.69, 9.17) is 17.1 Å². The Morgan fingerprint density at radius 1 is 1.43 bits per heavy atom. The maximum atomic E-state index is 11.5. The molecule has 0 saturated carbocycles. The third kappa shape index (κ3) is 3.38. The van der Waals surface area contributed by atoms with E-state index in [9.17, 15) is 4.21 Å². The Bertz CT molecular complexity index is 373. The maximum Gasteiger partial charge on any atom is 0.0530 e. The third-order valence-corrected chi connectivity index (χ3v) is 3.12.